The van der Waals surface area contributed by atoms with Crippen molar-refractivity contribution in [1.29, 1.82) is 0 Å². The molecule has 0 atom stereocenters. The van der Waals surface area contributed by atoms with Crippen molar-refractivity contribution in [1.82, 2.24) is 0 Å². The first-order chi connectivity index (χ1) is 3.00. The number of rotatable bonds is 0. The van der Waals surface area contributed by atoms with E-state index in [1.54, 1.807) is 0 Å². The fraction of sp³-hybridized carbons (Fsp3) is 0. The molecule has 0 aliphatic rings. The van der Waals surface area contributed by atoms with Crippen LogP contribution in [0, 0.1) is 0 Å². The van der Waals surface area contributed by atoms with Crippen LogP contribution in [0.3, 0.4) is 0 Å². The molecule has 0 unspecified atom stereocenters. The van der Waals surface area contributed by atoms with Gasteiger partial charge in [0, 0.05) is 0 Å². The van der Waals surface area contributed by atoms with Crippen LogP contribution in [0.1, 0.15) is 0 Å². The van der Waals surface area contributed by atoms with Crippen LogP contribution in [0.5, 0.6) is 0 Å². The van der Waals surface area contributed by atoms with E-state index < -0.39 is 7.82 Å². The van der Waals surface area contributed by atoms with E-state index in [1.165, 1.54) is 0 Å². The maximum atomic E-state index is 8.88. The average Bonchev–Trinajstić information content (AvgIpc) is 1.36. The summed E-state index contributed by atoms with van der Waals surface area (Å²) in [7, 11) is -4.64. The molecule has 0 aliphatic carbocycles. The van der Waals surface area contributed by atoms with Gasteiger partial charge in [0.15, 0.2) is 0 Å². The van der Waals surface area contributed by atoms with Crippen molar-refractivity contribution in [3.05, 3.63) is 0 Å². The molecule has 0 amide bonds. The zero-order chi connectivity index (χ0) is 6.50. The molecule has 3 N–H and O–H groups in total. The summed E-state index contributed by atoms with van der Waals surface area (Å²) in [4.78, 5) is 21.6. The molecule has 0 aromatic heterocycles. The van der Waals surface area contributed by atoms with Crippen LogP contribution in [-0.4, -0.2) is 66.1 Å². The predicted molar refractivity (Wildman–Crippen MR) is 22.1 cm³/mol. The van der Waals surface area contributed by atoms with Crippen molar-refractivity contribution in [3.63, 3.8) is 0 Å². The average molecular weight is 202 g/mol. The van der Waals surface area contributed by atoms with Crippen LogP contribution in [0.4, 0.5) is 0 Å². The summed E-state index contributed by atoms with van der Waals surface area (Å²) in [6, 6.07) is 0. The third-order valence-corrected chi connectivity index (χ3v) is 0. The van der Waals surface area contributed by atoms with E-state index in [9.17, 15) is 0 Å². The molecule has 0 aromatic rings. The zero-order valence-corrected chi connectivity index (χ0v) is 5.56. The molecular weight excluding hydrogens is 198 g/mol. The Bertz CT molecular complexity index is 68.2. The summed E-state index contributed by atoms with van der Waals surface area (Å²) in [6.45, 7) is 0. The van der Waals surface area contributed by atoms with E-state index in [4.69, 9.17) is 22.6 Å². The summed E-state index contributed by atoms with van der Waals surface area (Å²) in [5, 5.41) is 0. The van der Waals surface area contributed by atoms with Crippen molar-refractivity contribution in [2.24, 2.45) is 0 Å². The van der Waals surface area contributed by atoms with Gasteiger partial charge in [0.05, 0.1) is 0 Å². The van der Waals surface area contributed by atoms with Crippen molar-refractivity contribution in [2.45, 2.75) is 0 Å². The Balaban J connectivity index is -0.0000000750. The molecule has 8 heteroatoms. The standard InChI is InChI=1S/K.H3O4P.O.Ti.H/c;1-5(2,3)4;;;/h;(H3,1,2,3,4);;;. The van der Waals surface area contributed by atoms with E-state index in [1.807, 2.05) is 0 Å². The van der Waals surface area contributed by atoms with Crippen molar-refractivity contribution in [3.8, 4) is 0 Å². The second kappa shape index (κ2) is 9.26. The second-order valence-corrected chi connectivity index (χ2v) is 1.54. The summed E-state index contributed by atoms with van der Waals surface area (Å²) in [5.74, 6) is 0. The van der Waals surface area contributed by atoms with Crippen LogP contribution >= 0.6 is 7.82 Å². The molecule has 0 aliphatic heterocycles. The minimum atomic E-state index is -4.64. The Morgan fingerprint density at radius 3 is 1.12 bits per heavy atom. The Kier molecular flexibility index (Phi) is 19.3. The van der Waals surface area contributed by atoms with Crippen molar-refractivity contribution < 1.29 is 43.0 Å². The molecule has 0 fully saturated rings. The van der Waals surface area contributed by atoms with Crippen LogP contribution in [0.25, 0.3) is 0 Å². The summed E-state index contributed by atoms with van der Waals surface area (Å²) >= 11 is 0.750. The maximum absolute atomic E-state index is 8.88. The molecule has 0 saturated heterocycles. The Hall–Kier alpha value is 2.26. The van der Waals surface area contributed by atoms with E-state index in [0.29, 0.717) is 0 Å². The van der Waals surface area contributed by atoms with Gasteiger partial charge in [-0.05, 0) is 0 Å². The number of phosphoric acid groups is 1. The molecule has 44 valence electrons. The van der Waals surface area contributed by atoms with Crippen LogP contribution in [0.15, 0.2) is 0 Å². The third kappa shape index (κ3) is 85.2. The van der Waals surface area contributed by atoms with Gasteiger partial charge in [-0.3, -0.25) is 0 Å². The predicted octanol–water partition coefficient (Wildman–Crippen LogP) is -1.70. The molecular formula is H4KO5PTi. The van der Waals surface area contributed by atoms with Gasteiger partial charge in [-0.1, -0.05) is 0 Å². The quantitative estimate of drug-likeness (QED) is 0.321. The summed E-state index contributed by atoms with van der Waals surface area (Å²) < 4.78 is 17.1. The number of hydrogen-bond donors (Lipinski definition) is 3. The van der Waals surface area contributed by atoms with Gasteiger partial charge in [-0.15, -0.1) is 0 Å². The van der Waals surface area contributed by atoms with Gasteiger partial charge in [-0.2, -0.15) is 0 Å². The zero-order valence-electron chi connectivity index (χ0n) is 3.11. The summed E-state index contributed by atoms with van der Waals surface area (Å²) in [6.07, 6.45) is 0. The van der Waals surface area contributed by atoms with Crippen LogP contribution in [-0.2, 0) is 28.3 Å². The molecule has 5 nitrogen and oxygen atoms in total. The first-order valence-electron chi connectivity index (χ1n) is 0.987. The number of hydrogen-bond acceptors (Lipinski definition) is 2. The van der Waals surface area contributed by atoms with Gasteiger partial charge < -0.3 is 14.7 Å². The molecule has 0 rings (SSSR count). The molecule has 0 saturated carbocycles. The first kappa shape index (κ1) is 16.7. The second-order valence-electron chi connectivity index (χ2n) is 0.513. The summed E-state index contributed by atoms with van der Waals surface area (Å²) in [5.41, 5.74) is 0. The minimum absolute atomic E-state index is 0. The van der Waals surface area contributed by atoms with Crippen molar-refractivity contribution >= 4 is 59.2 Å². The first-order valence-corrected chi connectivity index (χ1v) is 3.19. The molecule has 0 spiro atoms. The fourth-order valence-corrected chi connectivity index (χ4v) is 0. The monoisotopic (exact) mass is 202 g/mol. The van der Waals surface area contributed by atoms with Crippen LogP contribution < -0.4 is 0 Å². The topological polar surface area (TPSA) is 94.8 Å². The van der Waals surface area contributed by atoms with Crippen LogP contribution in [0.2, 0.25) is 0 Å². The van der Waals surface area contributed by atoms with Gasteiger partial charge >= 0.3 is 82.9 Å². The molecule has 0 aromatic carbocycles. The van der Waals surface area contributed by atoms with Gasteiger partial charge in [0.25, 0.3) is 0 Å². The Morgan fingerprint density at radius 2 is 1.12 bits per heavy atom. The van der Waals surface area contributed by atoms with Gasteiger partial charge in [0.2, 0.25) is 0 Å². The molecule has 0 radical (unpaired) electrons. The van der Waals surface area contributed by atoms with E-state index in [-0.39, 0.29) is 51.4 Å². The Labute approximate surface area is 100 Å². The SMILES string of the molecule is O=P(O)(O)O.[KH].[O]=[Ti]. The van der Waals surface area contributed by atoms with E-state index in [0.717, 1.165) is 20.4 Å². The van der Waals surface area contributed by atoms with Gasteiger partial charge in [-0.25, -0.2) is 4.57 Å². The fourth-order valence-electron chi connectivity index (χ4n) is 0. The van der Waals surface area contributed by atoms with Gasteiger partial charge in [0.1, 0.15) is 0 Å². The third-order valence-electron chi connectivity index (χ3n) is 0. The molecule has 8 heavy (non-hydrogen) atoms. The van der Waals surface area contributed by atoms with Crippen molar-refractivity contribution in [2.75, 3.05) is 0 Å². The van der Waals surface area contributed by atoms with E-state index >= 15 is 0 Å². The Morgan fingerprint density at radius 1 is 1.12 bits per heavy atom. The molecule has 0 bridgehead atoms. The molecule has 0 heterocycles. The normalized spacial score (nSPS) is 7.75. The van der Waals surface area contributed by atoms with E-state index in [2.05, 4.69) is 0 Å².